The zero-order valence-corrected chi connectivity index (χ0v) is 9.65. The smallest absolute Gasteiger partial charge is 0.373 e. The molecule has 20 heavy (non-hydrogen) atoms. The Morgan fingerprint density at radius 2 is 1.65 bits per heavy atom. The van der Waals surface area contributed by atoms with Crippen LogP contribution in [0.3, 0.4) is 0 Å². The van der Waals surface area contributed by atoms with E-state index in [-0.39, 0.29) is 11.1 Å². The summed E-state index contributed by atoms with van der Waals surface area (Å²) in [5.74, 6) is -7.16. The molecule has 0 fully saturated rings. The minimum atomic E-state index is -4.45. The van der Waals surface area contributed by atoms with Crippen LogP contribution in [-0.2, 0) is 9.78 Å². The van der Waals surface area contributed by atoms with Crippen molar-refractivity contribution in [2.24, 2.45) is 0 Å². The van der Waals surface area contributed by atoms with E-state index in [9.17, 15) is 32.3 Å². The van der Waals surface area contributed by atoms with Crippen molar-refractivity contribution in [3.05, 3.63) is 35.4 Å². The topological polar surface area (TPSA) is 75.7 Å². The molecule has 0 aliphatic carbocycles. The third kappa shape index (κ3) is 4.19. The number of rotatable bonds is 6. The molecule has 0 aliphatic heterocycles. The Kier molecular flexibility index (Phi) is 5.03. The lowest BCUT2D eigenvalue weighted by atomic mass is 10.1. The van der Waals surface area contributed by atoms with Gasteiger partial charge >= 0.3 is 18.3 Å². The number of carboxylic acids is 1. The van der Waals surface area contributed by atoms with Crippen LogP contribution in [0, 0.1) is 0 Å². The number of carbonyl (C=O) groups is 2. The maximum absolute atomic E-state index is 12.4. The third-order valence-electron chi connectivity index (χ3n) is 2.06. The SMILES string of the molecule is O=C([O-])c1ccc(C(=O)OOCC(F)(F)C(F)F)cc1. The van der Waals surface area contributed by atoms with Gasteiger partial charge in [0, 0.05) is 0 Å². The van der Waals surface area contributed by atoms with E-state index >= 15 is 0 Å². The summed E-state index contributed by atoms with van der Waals surface area (Å²) >= 11 is 0. The van der Waals surface area contributed by atoms with Crippen LogP contribution >= 0.6 is 0 Å². The van der Waals surface area contributed by atoms with E-state index in [4.69, 9.17) is 0 Å². The quantitative estimate of drug-likeness (QED) is 0.445. The lowest BCUT2D eigenvalue weighted by Gasteiger charge is -2.13. The van der Waals surface area contributed by atoms with E-state index in [1.807, 2.05) is 0 Å². The normalized spacial score (nSPS) is 11.4. The summed E-state index contributed by atoms with van der Waals surface area (Å²) < 4.78 is 48.3. The highest BCUT2D eigenvalue weighted by Crippen LogP contribution is 2.23. The zero-order chi connectivity index (χ0) is 15.3. The van der Waals surface area contributed by atoms with Crippen LogP contribution in [0.15, 0.2) is 24.3 Å². The Hall–Kier alpha value is -2.16. The molecule has 9 heteroatoms. The van der Waals surface area contributed by atoms with Crippen molar-refractivity contribution in [1.82, 2.24) is 0 Å². The standard InChI is InChI=1S/C11H8F4O5/c12-10(13)11(14,15)5-19-20-9(18)7-3-1-6(2-4-7)8(16)17/h1-4,10H,5H2,(H,16,17)/p-1. The molecular formula is C11H7F4O5-. The van der Waals surface area contributed by atoms with Crippen molar-refractivity contribution in [2.75, 3.05) is 6.61 Å². The molecule has 0 atom stereocenters. The number of carboxylic acid groups (broad SMARTS) is 1. The molecule has 0 N–H and O–H groups in total. The fourth-order valence-electron chi connectivity index (χ4n) is 1.02. The molecule has 1 aromatic carbocycles. The largest absolute Gasteiger partial charge is 0.545 e. The van der Waals surface area contributed by atoms with Gasteiger partial charge in [0.1, 0.15) is 0 Å². The van der Waals surface area contributed by atoms with Gasteiger partial charge in [0.25, 0.3) is 0 Å². The minimum absolute atomic E-state index is 0.213. The summed E-state index contributed by atoms with van der Waals surface area (Å²) in [6.45, 7) is -1.80. The monoisotopic (exact) mass is 295 g/mol. The van der Waals surface area contributed by atoms with Crippen molar-refractivity contribution in [2.45, 2.75) is 12.3 Å². The number of aromatic carboxylic acids is 1. The lowest BCUT2D eigenvalue weighted by molar-refractivity contribution is -0.293. The van der Waals surface area contributed by atoms with E-state index in [0.29, 0.717) is 0 Å². The Bertz CT molecular complexity index is 486. The third-order valence-corrected chi connectivity index (χ3v) is 2.06. The Morgan fingerprint density at radius 1 is 1.15 bits per heavy atom. The molecule has 0 radical (unpaired) electrons. The Labute approximate surface area is 109 Å². The van der Waals surface area contributed by atoms with Crippen LogP contribution < -0.4 is 5.11 Å². The maximum Gasteiger partial charge on any atom is 0.373 e. The summed E-state index contributed by atoms with van der Waals surface area (Å²) in [6.07, 6.45) is -3.96. The number of carbonyl (C=O) groups excluding carboxylic acids is 2. The second kappa shape index (κ2) is 6.33. The molecule has 0 unspecified atom stereocenters. The fraction of sp³-hybridized carbons (Fsp3) is 0.273. The predicted octanol–water partition coefficient (Wildman–Crippen LogP) is 1.04. The van der Waals surface area contributed by atoms with E-state index in [2.05, 4.69) is 9.78 Å². The zero-order valence-electron chi connectivity index (χ0n) is 9.65. The van der Waals surface area contributed by atoms with Gasteiger partial charge in [0.05, 0.1) is 11.5 Å². The van der Waals surface area contributed by atoms with Gasteiger partial charge in [-0.25, -0.2) is 13.6 Å². The van der Waals surface area contributed by atoms with Crippen LogP contribution in [0.2, 0.25) is 0 Å². The summed E-state index contributed by atoms with van der Waals surface area (Å²) in [7, 11) is 0. The van der Waals surface area contributed by atoms with Crippen molar-refractivity contribution >= 4 is 11.9 Å². The van der Waals surface area contributed by atoms with Crippen molar-refractivity contribution in [3.63, 3.8) is 0 Å². The maximum atomic E-state index is 12.4. The first kappa shape index (κ1) is 15.9. The van der Waals surface area contributed by atoms with Gasteiger partial charge in [0.15, 0.2) is 6.61 Å². The molecule has 110 valence electrons. The van der Waals surface area contributed by atoms with Gasteiger partial charge < -0.3 is 9.90 Å². The molecular weight excluding hydrogens is 288 g/mol. The molecule has 0 spiro atoms. The number of alkyl halides is 4. The van der Waals surface area contributed by atoms with Crippen LogP contribution in [0.5, 0.6) is 0 Å². The minimum Gasteiger partial charge on any atom is -0.545 e. The molecule has 0 saturated carbocycles. The van der Waals surface area contributed by atoms with Crippen molar-refractivity contribution in [1.29, 1.82) is 0 Å². The van der Waals surface area contributed by atoms with Crippen LogP contribution in [0.25, 0.3) is 0 Å². The van der Waals surface area contributed by atoms with Crippen LogP contribution in [-0.4, -0.2) is 30.9 Å². The van der Waals surface area contributed by atoms with Crippen LogP contribution in [0.1, 0.15) is 20.7 Å². The number of hydrogen-bond acceptors (Lipinski definition) is 5. The van der Waals surface area contributed by atoms with Gasteiger partial charge in [-0.15, -0.1) is 0 Å². The molecule has 0 aliphatic rings. The molecule has 1 rings (SSSR count). The van der Waals surface area contributed by atoms with Crippen molar-refractivity contribution in [3.8, 4) is 0 Å². The molecule has 0 saturated heterocycles. The number of benzene rings is 1. The molecule has 0 aromatic heterocycles. The summed E-state index contributed by atoms with van der Waals surface area (Å²) in [5.41, 5.74) is -0.429. The Morgan fingerprint density at radius 3 is 2.10 bits per heavy atom. The fourth-order valence-corrected chi connectivity index (χ4v) is 1.02. The van der Waals surface area contributed by atoms with Gasteiger partial charge in [-0.2, -0.15) is 13.7 Å². The highest BCUT2D eigenvalue weighted by atomic mass is 19.3. The van der Waals surface area contributed by atoms with E-state index in [0.717, 1.165) is 24.3 Å². The summed E-state index contributed by atoms with van der Waals surface area (Å²) in [4.78, 5) is 29.3. The van der Waals surface area contributed by atoms with E-state index < -0.39 is 30.9 Å². The van der Waals surface area contributed by atoms with E-state index in [1.165, 1.54) is 0 Å². The molecule has 0 bridgehead atoms. The van der Waals surface area contributed by atoms with Gasteiger partial charge in [-0.1, -0.05) is 12.1 Å². The van der Waals surface area contributed by atoms with Gasteiger partial charge in [-0.05, 0) is 17.7 Å². The molecule has 0 amide bonds. The van der Waals surface area contributed by atoms with Gasteiger partial charge in [0.2, 0.25) is 0 Å². The summed E-state index contributed by atoms with van der Waals surface area (Å²) in [6, 6.07) is 4.06. The number of hydrogen-bond donors (Lipinski definition) is 0. The molecule has 0 heterocycles. The highest BCUT2D eigenvalue weighted by Gasteiger charge is 2.42. The molecule has 1 aromatic rings. The first-order chi connectivity index (χ1) is 9.24. The predicted molar refractivity (Wildman–Crippen MR) is 53.1 cm³/mol. The second-order valence-electron chi connectivity index (χ2n) is 3.56. The Balaban J connectivity index is 2.53. The molecule has 5 nitrogen and oxygen atoms in total. The number of halogens is 4. The average Bonchev–Trinajstić information content (AvgIpc) is 2.38. The average molecular weight is 295 g/mol. The van der Waals surface area contributed by atoms with E-state index in [1.54, 1.807) is 0 Å². The summed E-state index contributed by atoms with van der Waals surface area (Å²) in [5, 5.41) is 10.4. The first-order valence-corrected chi connectivity index (χ1v) is 5.05. The van der Waals surface area contributed by atoms with Crippen LogP contribution in [0.4, 0.5) is 17.6 Å². The highest BCUT2D eigenvalue weighted by molar-refractivity contribution is 5.91. The second-order valence-corrected chi connectivity index (χ2v) is 3.56. The van der Waals surface area contributed by atoms with Crippen molar-refractivity contribution < 1.29 is 42.0 Å². The van der Waals surface area contributed by atoms with Gasteiger partial charge in [-0.3, -0.25) is 4.89 Å². The first-order valence-electron chi connectivity index (χ1n) is 5.05. The lowest BCUT2D eigenvalue weighted by Crippen LogP contribution is -2.32.